The molecule has 0 saturated heterocycles. The molecule has 0 radical (unpaired) electrons. The van der Waals surface area contributed by atoms with Crippen LogP contribution in [0.2, 0.25) is 0 Å². The molecule has 0 aromatic heterocycles. The zero-order valence-electron chi connectivity index (χ0n) is 8.50. The van der Waals surface area contributed by atoms with Crippen LogP contribution in [-0.4, -0.2) is 11.4 Å². The van der Waals surface area contributed by atoms with Crippen molar-refractivity contribution in [3.05, 3.63) is 29.8 Å². The van der Waals surface area contributed by atoms with Crippen molar-refractivity contribution in [1.82, 2.24) is 0 Å². The fraction of sp³-hybridized carbons (Fsp3) is 0.455. The molecule has 14 heavy (non-hydrogen) atoms. The summed E-state index contributed by atoms with van der Waals surface area (Å²) in [5.41, 5.74) is 1.23. The summed E-state index contributed by atoms with van der Waals surface area (Å²) in [6.45, 7) is 4.63. The number of halogens is 1. The fourth-order valence-corrected chi connectivity index (χ4v) is 1.41. The van der Waals surface area contributed by atoms with Gasteiger partial charge in [-0.3, -0.25) is 0 Å². The van der Waals surface area contributed by atoms with E-state index in [0.717, 1.165) is 5.75 Å². The van der Waals surface area contributed by atoms with Crippen LogP contribution >= 0.6 is 22.6 Å². The molecule has 1 aromatic carbocycles. The summed E-state index contributed by atoms with van der Waals surface area (Å²) in [7, 11) is 0. The second-order valence-electron chi connectivity index (χ2n) is 3.27. The van der Waals surface area contributed by atoms with Gasteiger partial charge in [0, 0.05) is 0 Å². The first-order valence-corrected chi connectivity index (χ1v) is 6.13. The summed E-state index contributed by atoms with van der Waals surface area (Å²) < 4.78 is 11.3. The van der Waals surface area contributed by atoms with Crippen LogP contribution in [0.1, 0.15) is 25.3 Å². The van der Waals surface area contributed by atoms with Gasteiger partial charge < -0.3 is 9.47 Å². The maximum Gasteiger partial charge on any atom is 0.189 e. The molecule has 0 spiro atoms. The Hall–Kier alpha value is -0.290. The van der Waals surface area contributed by atoms with Gasteiger partial charge in [-0.2, -0.15) is 0 Å². The SMILES string of the molecule is CC(C)c1ccccc1OCOCI. The third-order valence-electron chi connectivity index (χ3n) is 1.92. The van der Waals surface area contributed by atoms with Crippen LogP contribution in [0, 0.1) is 0 Å². The van der Waals surface area contributed by atoms with Crippen LogP contribution < -0.4 is 4.74 Å². The van der Waals surface area contributed by atoms with Gasteiger partial charge in [0.15, 0.2) is 6.79 Å². The predicted molar refractivity (Wildman–Crippen MR) is 66.0 cm³/mol. The minimum Gasteiger partial charge on any atom is -0.467 e. The summed E-state index contributed by atoms with van der Waals surface area (Å²) in [6, 6.07) is 8.07. The van der Waals surface area contributed by atoms with Crippen molar-refractivity contribution in [3.8, 4) is 5.75 Å². The summed E-state index contributed by atoms with van der Waals surface area (Å²) in [6.07, 6.45) is 0. The number of hydrogen-bond donors (Lipinski definition) is 0. The summed E-state index contributed by atoms with van der Waals surface area (Å²) in [4.78, 5) is 0. The van der Waals surface area contributed by atoms with Gasteiger partial charge in [-0.1, -0.05) is 54.6 Å². The lowest BCUT2D eigenvalue weighted by Gasteiger charge is -2.13. The lowest BCUT2D eigenvalue weighted by molar-refractivity contribution is 0.0459. The molecule has 0 unspecified atom stereocenters. The lowest BCUT2D eigenvalue weighted by atomic mass is 10.0. The highest BCUT2D eigenvalue weighted by Gasteiger charge is 2.05. The monoisotopic (exact) mass is 306 g/mol. The Balaban J connectivity index is 2.64. The Labute approximate surface area is 98.7 Å². The van der Waals surface area contributed by atoms with Crippen molar-refractivity contribution in [3.63, 3.8) is 0 Å². The van der Waals surface area contributed by atoms with Crippen molar-refractivity contribution in [1.29, 1.82) is 0 Å². The average molecular weight is 306 g/mol. The van der Waals surface area contributed by atoms with E-state index in [1.54, 1.807) is 0 Å². The largest absolute Gasteiger partial charge is 0.467 e. The van der Waals surface area contributed by atoms with E-state index in [9.17, 15) is 0 Å². The standard InChI is InChI=1S/C11H15IO2/c1-9(2)10-5-3-4-6-11(10)14-8-13-7-12/h3-6,9H,7-8H2,1-2H3. The zero-order valence-corrected chi connectivity index (χ0v) is 10.7. The van der Waals surface area contributed by atoms with Crippen LogP contribution in [0.15, 0.2) is 24.3 Å². The molecule has 78 valence electrons. The third kappa shape index (κ3) is 3.46. The number of hydrogen-bond acceptors (Lipinski definition) is 2. The maximum atomic E-state index is 5.51. The van der Waals surface area contributed by atoms with Crippen molar-refractivity contribution in [2.24, 2.45) is 0 Å². The van der Waals surface area contributed by atoms with E-state index in [1.165, 1.54) is 5.56 Å². The molecule has 0 bridgehead atoms. The van der Waals surface area contributed by atoms with E-state index >= 15 is 0 Å². The summed E-state index contributed by atoms with van der Waals surface area (Å²) in [5.74, 6) is 1.40. The molecule has 1 aromatic rings. The molecule has 0 heterocycles. The molecular formula is C11H15IO2. The highest BCUT2D eigenvalue weighted by Crippen LogP contribution is 2.25. The smallest absolute Gasteiger partial charge is 0.189 e. The first kappa shape index (κ1) is 11.8. The molecule has 0 amide bonds. The zero-order chi connectivity index (χ0) is 10.4. The van der Waals surface area contributed by atoms with Crippen LogP contribution in [0.25, 0.3) is 0 Å². The summed E-state index contributed by atoms with van der Waals surface area (Å²) >= 11 is 2.15. The van der Waals surface area contributed by atoms with E-state index in [4.69, 9.17) is 9.47 Å². The van der Waals surface area contributed by atoms with E-state index in [-0.39, 0.29) is 0 Å². The molecule has 0 atom stereocenters. The van der Waals surface area contributed by atoms with E-state index in [2.05, 4.69) is 42.5 Å². The molecule has 0 fully saturated rings. The van der Waals surface area contributed by atoms with Crippen LogP contribution in [0.5, 0.6) is 5.75 Å². The highest BCUT2D eigenvalue weighted by atomic mass is 127. The Morgan fingerprint density at radius 3 is 2.64 bits per heavy atom. The number of benzene rings is 1. The molecule has 1 rings (SSSR count). The minimum absolute atomic E-state index is 0.326. The van der Waals surface area contributed by atoms with E-state index in [0.29, 0.717) is 17.3 Å². The molecular weight excluding hydrogens is 291 g/mol. The molecule has 0 N–H and O–H groups in total. The Morgan fingerprint density at radius 2 is 2.00 bits per heavy atom. The Bertz CT molecular complexity index is 274. The van der Waals surface area contributed by atoms with Gasteiger partial charge >= 0.3 is 0 Å². The van der Waals surface area contributed by atoms with Crippen LogP contribution in [0.3, 0.4) is 0 Å². The summed E-state index contributed by atoms with van der Waals surface area (Å²) in [5, 5.41) is 0. The average Bonchev–Trinajstić information content (AvgIpc) is 2.19. The van der Waals surface area contributed by atoms with Gasteiger partial charge in [-0.15, -0.1) is 0 Å². The van der Waals surface area contributed by atoms with Crippen LogP contribution in [0.4, 0.5) is 0 Å². The first-order valence-electron chi connectivity index (χ1n) is 4.61. The fourth-order valence-electron chi connectivity index (χ4n) is 1.23. The van der Waals surface area contributed by atoms with Gasteiger partial charge in [0.2, 0.25) is 0 Å². The van der Waals surface area contributed by atoms with Gasteiger partial charge in [0.1, 0.15) is 10.4 Å². The third-order valence-corrected chi connectivity index (χ3v) is 2.36. The van der Waals surface area contributed by atoms with Gasteiger partial charge in [-0.25, -0.2) is 0 Å². The van der Waals surface area contributed by atoms with Crippen molar-refractivity contribution in [2.45, 2.75) is 19.8 Å². The molecule has 2 nitrogen and oxygen atoms in total. The van der Waals surface area contributed by atoms with Crippen molar-refractivity contribution in [2.75, 3.05) is 11.4 Å². The number of alkyl halides is 1. The second kappa shape index (κ2) is 6.24. The Kier molecular flexibility index (Phi) is 5.25. The normalized spacial score (nSPS) is 10.6. The number of rotatable bonds is 5. The van der Waals surface area contributed by atoms with Crippen LogP contribution in [-0.2, 0) is 4.74 Å². The first-order chi connectivity index (χ1) is 6.75. The van der Waals surface area contributed by atoms with Gasteiger partial charge in [-0.05, 0) is 17.5 Å². The van der Waals surface area contributed by atoms with E-state index < -0.39 is 0 Å². The molecule has 0 saturated carbocycles. The highest BCUT2D eigenvalue weighted by molar-refractivity contribution is 14.1. The van der Waals surface area contributed by atoms with Crippen molar-refractivity contribution >= 4 is 22.6 Å². The molecule has 0 aliphatic rings. The molecule has 3 heteroatoms. The van der Waals surface area contributed by atoms with Gasteiger partial charge in [0.05, 0.1) is 0 Å². The quantitative estimate of drug-likeness (QED) is 0.358. The molecule has 0 aliphatic heterocycles. The maximum absolute atomic E-state index is 5.51. The van der Waals surface area contributed by atoms with Crippen molar-refractivity contribution < 1.29 is 9.47 Å². The number of ether oxygens (including phenoxy) is 2. The predicted octanol–water partition coefficient (Wildman–Crippen LogP) is 3.56. The second-order valence-corrected chi connectivity index (χ2v) is 3.89. The van der Waals surface area contributed by atoms with Gasteiger partial charge in [0.25, 0.3) is 0 Å². The molecule has 0 aliphatic carbocycles. The van der Waals surface area contributed by atoms with E-state index in [1.807, 2.05) is 18.2 Å². The lowest BCUT2D eigenvalue weighted by Crippen LogP contribution is -2.03. The Morgan fingerprint density at radius 1 is 1.29 bits per heavy atom. The number of para-hydroxylation sites is 1. The topological polar surface area (TPSA) is 18.5 Å². The minimum atomic E-state index is 0.326.